The number of carboxylic acid groups (broad SMARTS) is 1. The van der Waals surface area contributed by atoms with Gasteiger partial charge >= 0.3 is 12.0 Å². The summed E-state index contributed by atoms with van der Waals surface area (Å²) in [5.74, 6) is -1.33. The topological polar surface area (TPSA) is 78.4 Å². The van der Waals surface area contributed by atoms with E-state index in [-0.39, 0.29) is 18.0 Å². The van der Waals surface area contributed by atoms with Crippen LogP contribution in [-0.2, 0) is 4.79 Å². The Labute approximate surface area is 102 Å². The number of aliphatic carboxylic acids is 1. The van der Waals surface area contributed by atoms with Gasteiger partial charge in [0, 0.05) is 13.1 Å². The van der Waals surface area contributed by atoms with Crippen LogP contribution in [-0.4, -0.2) is 30.2 Å². The number of carbonyl (C=O) groups is 2. The van der Waals surface area contributed by atoms with Crippen molar-refractivity contribution < 1.29 is 14.7 Å². The summed E-state index contributed by atoms with van der Waals surface area (Å²) < 4.78 is 0. The Bertz CT molecular complexity index is 287. The highest BCUT2D eigenvalue weighted by Crippen LogP contribution is 2.43. The summed E-state index contributed by atoms with van der Waals surface area (Å²) in [6, 6.07) is -0.263. The van der Waals surface area contributed by atoms with Gasteiger partial charge in [-0.05, 0) is 24.7 Å². The molecule has 1 fully saturated rings. The van der Waals surface area contributed by atoms with Gasteiger partial charge in [0.2, 0.25) is 0 Å². The Morgan fingerprint density at radius 1 is 1.35 bits per heavy atom. The van der Waals surface area contributed by atoms with Gasteiger partial charge in [-0.1, -0.05) is 20.3 Å². The van der Waals surface area contributed by atoms with E-state index in [1.54, 1.807) is 0 Å². The monoisotopic (exact) mass is 242 g/mol. The van der Waals surface area contributed by atoms with E-state index in [1.807, 2.05) is 6.92 Å². The van der Waals surface area contributed by atoms with Gasteiger partial charge in [-0.2, -0.15) is 0 Å². The zero-order valence-corrected chi connectivity index (χ0v) is 10.6. The number of urea groups is 1. The minimum Gasteiger partial charge on any atom is -0.481 e. The van der Waals surface area contributed by atoms with Crippen LogP contribution < -0.4 is 10.6 Å². The average molecular weight is 242 g/mol. The third-order valence-electron chi connectivity index (χ3n) is 3.27. The molecule has 5 nitrogen and oxygen atoms in total. The van der Waals surface area contributed by atoms with E-state index < -0.39 is 11.9 Å². The zero-order valence-electron chi connectivity index (χ0n) is 10.6. The van der Waals surface area contributed by atoms with Gasteiger partial charge in [0.15, 0.2) is 0 Å². The van der Waals surface area contributed by atoms with Crippen LogP contribution in [0.2, 0.25) is 0 Å². The highest BCUT2D eigenvalue weighted by Gasteiger charge is 2.37. The zero-order chi connectivity index (χ0) is 12.9. The van der Waals surface area contributed by atoms with Crippen LogP contribution in [0.25, 0.3) is 0 Å². The van der Waals surface area contributed by atoms with E-state index in [1.165, 1.54) is 0 Å². The maximum absolute atomic E-state index is 11.4. The lowest BCUT2D eigenvalue weighted by Gasteiger charge is -2.14. The molecule has 1 atom stereocenters. The van der Waals surface area contributed by atoms with Crippen LogP contribution in [0.3, 0.4) is 0 Å². The number of amides is 2. The van der Waals surface area contributed by atoms with E-state index in [9.17, 15) is 9.59 Å². The van der Waals surface area contributed by atoms with Crippen molar-refractivity contribution in [3.8, 4) is 0 Å². The highest BCUT2D eigenvalue weighted by molar-refractivity contribution is 5.75. The van der Waals surface area contributed by atoms with Gasteiger partial charge < -0.3 is 15.7 Å². The molecule has 3 N–H and O–H groups in total. The summed E-state index contributed by atoms with van der Waals surface area (Å²) in [5.41, 5.74) is 0.271. The van der Waals surface area contributed by atoms with Gasteiger partial charge in [0.1, 0.15) is 0 Å². The van der Waals surface area contributed by atoms with Crippen LogP contribution in [0.15, 0.2) is 0 Å². The van der Waals surface area contributed by atoms with Gasteiger partial charge in [-0.25, -0.2) is 4.79 Å². The first kappa shape index (κ1) is 13.8. The molecule has 0 aromatic rings. The molecule has 17 heavy (non-hydrogen) atoms. The van der Waals surface area contributed by atoms with Gasteiger partial charge in [-0.15, -0.1) is 0 Å². The Kier molecular flexibility index (Phi) is 4.78. The van der Waals surface area contributed by atoms with Crippen LogP contribution in [0.1, 0.15) is 39.5 Å². The molecule has 1 saturated carbocycles. The number of hydrogen-bond donors (Lipinski definition) is 3. The van der Waals surface area contributed by atoms with Crippen molar-refractivity contribution in [3.63, 3.8) is 0 Å². The average Bonchev–Trinajstić information content (AvgIpc) is 3.00. The molecule has 2 amide bonds. The Morgan fingerprint density at radius 3 is 2.47 bits per heavy atom. The number of carboxylic acids is 1. The molecule has 1 aliphatic carbocycles. The summed E-state index contributed by atoms with van der Waals surface area (Å²) in [7, 11) is 0. The number of hydrogen-bond acceptors (Lipinski definition) is 2. The first-order valence-corrected chi connectivity index (χ1v) is 6.21. The number of nitrogens with one attached hydrogen (secondary N) is 2. The lowest BCUT2D eigenvalue weighted by Crippen LogP contribution is -2.41. The van der Waals surface area contributed by atoms with Crippen molar-refractivity contribution >= 4 is 12.0 Å². The molecule has 0 saturated heterocycles. The molecule has 0 aromatic carbocycles. The normalized spacial score (nSPS) is 18.2. The lowest BCUT2D eigenvalue weighted by atomic mass is 10.0. The third kappa shape index (κ3) is 5.06. The first-order chi connectivity index (χ1) is 7.97. The quantitative estimate of drug-likeness (QED) is 0.634. The second-order valence-corrected chi connectivity index (χ2v) is 5.20. The van der Waals surface area contributed by atoms with Crippen LogP contribution in [0, 0.1) is 11.3 Å². The molecule has 0 aromatic heterocycles. The van der Waals surface area contributed by atoms with Crippen molar-refractivity contribution in [2.75, 3.05) is 13.1 Å². The van der Waals surface area contributed by atoms with Crippen molar-refractivity contribution in [2.24, 2.45) is 11.3 Å². The predicted octanol–water partition coefficient (Wildman–Crippen LogP) is 1.59. The van der Waals surface area contributed by atoms with Gasteiger partial charge in [0.05, 0.1) is 5.92 Å². The Morgan fingerprint density at radius 2 is 2.00 bits per heavy atom. The standard InChI is InChI=1S/C12H22N2O3/c1-3-4-9(10(15)16)7-13-11(17)14-8-12(2)5-6-12/h9H,3-8H2,1-2H3,(H,15,16)(H2,13,14,17). The fourth-order valence-electron chi connectivity index (χ4n) is 1.62. The van der Waals surface area contributed by atoms with E-state index in [0.29, 0.717) is 13.0 Å². The van der Waals surface area contributed by atoms with Crippen molar-refractivity contribution in [1.29, 1.82) is 0 Å². The maximum Gasteiger partial charge on any atom is 0.314 e. The largest absolute Gasteiger partial charge is 0.481 e. The van der Waals surface area contributed by atoms with Crippen LogP contribution >= 0.6 is 0 Å². The minimum absolute atomic E-state index is 0.200. The lowest BCUT2D eigenvalue weighted by molar-refractivity contribution is -0.141. The molecular formula is C12H22N2O3. The molecule has 0 spiro atoms. The van der Waals surface area contributed by atoms with E-state index >= 15 is 0 Å². The second kappa shape index (κ2) is 5.89. The summed E-state index contributed by atoms with van der Waals surface area (Å²) in [4.78, 5) is 22.3. The summed E-state index contributed by atoms with van der Waals surface area (Å²) in [6.45, 7) is 4.93. The van der Waals surface area contributed by atoms with Gasteiger partial charge in [-0.3, -0.25) is 4.79 Å². The minimum atomic E-state index is -0.846. The van der Waals surface area contributed by atoms with E-state index in [0.717, 1.165) is 19.3 Å². The van der Waals surface area contributed by atoms with Crippen LogP contribution in [0.5, 0.6) is 0 Å². The van der Waals surface area contributed by atoms with Gasteiger partial charge in [0.25, 0.3) is 0 Å². The van der Waals surface area contributed by atoms with Crippen molar-refractivity contribution in [1.82, 2.24) is 10.6 Å². The summed E-state index contributed by atoms with van der Waals surface area (Å²) >= 11 is 0. The van der Waals surface area contributed by atoms with Crippen molar-refractivity contribution in [3.05, 3.63) is 0 Å². The second-order valence-electron chi connectivity index (χ2n) is 5.20. The molecular weight excluding hydrogens is 220 g/mol. The molecule has 5 heteroatoms. The molecule has 0 bridgehead atoms. The molecule has 1 rings (SSSR count). The molecule has 0 radical (unpaired) electrons. The van der Waals surface area contributed by atoms with Crippen molar-refractivity contribution in [2.45, 2.75) is 39.5 Å². The fraction of sp³-hybridized carbons (Fsp3) is 0.833. The first-order valence-electron chi connectivity index (χ1n) is 6.21. The molecule has 0 aliphatic heterocycles. The predicted molar refractivity (Wildman–Crippen MR) is 64.8 cm³/mol. The summed E-state index contributed by atoms with van der Waals surface area (Å²) in [5, 5.41) is 14.3. The van der Waals surface area contributed by atoms with E-state index in [4.69, 9.17) is 5.11 Å². The Hall–Kier alpha value is -1.26. The summed E-state index contributed by atoms with van der Waals surface area (Å²) in [6.07, 6.45) is 3.70. The molecule has 1 unspecified atom stereocenters. The highest BCUT2D eigenvalue weighted by atomic mass is 16.4. The molecule has 0 heterocycles. The smallest absolute Gasteiger partial charge is 0.314 e. The third-order valence-corrected chi connectivity index (χ3v) is 3.27. The maximum atomic E-state index is 11.4. The number of rotatable bonds is 7. The van der Waals surface area contributed by atoms with E-state index in [2.05, 4.69) is 17.6 Å². The van der Waals surface area contributed by atoms with Crippen LogP contribution in [0.4, 0.5) is 4.79 Å². The molecule has 98 valence electrons. The SMILES string of the molecule is CCCC(CNC(=O)NCC1(C)CC1)C(=O)O. The molecule has 1 aliphatic rings. The fourth-order valence-corrected chi connectivity index (χ4v) is 1.62. The number of carbonyl (C=O) groups excluding carboxylic acids is 1. The Balaban J connectivity index is 2.18.